The van der Waals surface area contributed by atoms with Gasteiger partial charge in [0.25, 0.3) is 11.1 Å². The molecule has 3 aromatic rings. The topological polar surface area (TPSA) is 84.9 Å². The molecule has 1 aliphatic heterocycles. The molecule has 0 bridgehead atoms. The van der Waals surface area contributed by atoms with Crippen LogP contribution in [-0.2, 0) is 16.2 Å². The van der Waals surface area contributed by atoms with Gasteiger partial charge in [-0.25, -0.2) is 0 Å². The number of halogens is 2. The fourth-order valence-electron chi connectivity index (χ4n) is 3.58. The van der Waals surface area contributed by atoms with Crippen molar-refractivity contribution in [2.75, 3.05) is 18.5 Å². The highest BCUT2D eigenvalue weighted by molar-refractivity contribution is 8.18. The van der Waals surface area contributed by atoms with Gasteiger partial charge in [-0.3, -0.25) is 19.3 Å². The Morgan fingerprint density at radius 3 is 2.42 bits per heavy atom. The molecular weight excluding hydrogens is 547 g/mol. The molecule has 1 aliphatic rings. The Morgan fingerprint density at radius 1 is 1.03 bits per heavy atom. The van der Waals surface area contributed by atoms with Crippen molar-refractivity contribution in [3.63, 3.8) is 0 Å². The molecule has 1 N–H and O–H groups in total. The summed E-state index contributed by atoms with van der Waals surface area (Å²) in [5.74, 6) is -0.268. The van der Waals surface area contributed by atoms with E-state index in [9.17, 15) is 14.4 Å². The molecule has 0 aromatic heterocycles. The number of carbonyl (C=O) groups excluding carboxylic acids is 3. The van der Waals surface area contributed by atoms with Crippen molar-refractivity contribution in [1.82, 2.24) is 4.90 Å². The smallest absolute Gasteiger partial charge is 0.294 e. The molecule has 0 spiro atoms. The van der Waals surface area contributed by atoms with Crippen molar-refractivity contribution < 1.29 is 23.9 Å². The van der Waals surface area contributed by atoms with Crippen LogP contribution in [0.4, 0.5) is 10.5 Å². The van der Waals surface area contributed by atoms with Gasteiger partial charge >= 0.3 is 0 Å². The zero-order valence-corrected chi connectivity index (χ0v) is 23.0. The summed E-state index contributed by atoms with van der Waals surface area (Å²) in [5.41, 5.74) is 3.08. The van der Waals surface area contributed by atoms with Gasteiger partial charge in [0.05, 0.1) is 16.5 Å². The number of carbonyl (C=O) groups is 3. The number of benzene rings is 3. The van der Waals surface area contributed by atoms with E-state index < -0.39 is 23.6 Å². The van der Waals surface area contributed by atoms with Crippen molar-refractivity contribution in [3.8, 4) is 11.5 Å². The number of hydrogen-bond donors (Lipinski definition) is 1. The Bertz CT molecular complexity index is 1390. The zero-order valence-electron chi connectivity index (χ0n) is 20.6. The predicted octanol–water partition coefficient (Wildman–Crippen LogP) is 6.95. The molecule has 0 aliphatic carbocycles. The third kappa shape index (κ3) is 6.89. The number of rotatable bonds is 9. The summed E-state index contributed by atoms with van der Waals surface area (Å²) in [6.07, 6.45) is 1.54. The number of aryl methyl sites for hydroxylation is 1. The van der Waals surface area contributed by atoms with E-state index in [-0.39, 0.29) is 16.5 Å². The molecule has 7 nitrogen and oxygen atoms in total. The van der Waals surface area contributed by atoms with Crippen LogP contribution in [-0.4, -0.2) is 35.1 Å². The lowest BCUT2D eigenvalue weighted by Gasteiger charge is -2.15. The molecule has 1 fully saturated rings. The first-order valence-corrected chi connectivity index (χ1v) is 13.3. The lowest BCUT2D eigenvalue weighted by Crippen LogP contribution is -2.36. The number of hydrogen-bond acceptors (Lipinski definition) is 6. The van der Waals surface area contributed by atoms with Gasteiger partial charge in [0, 0.05) is 10.7 Å². The first-order valence-electron chi connectivity index (χ1n) is 11.7. The van der Waals surface area contributed by atoms with Crippen LogP contribution < -0.4 is 14.8 Å². The summed E-state index contributed by atoms with van der Waals surface area (Å²) in [7, 11) is 0. The maximum Gasteiger partial charge on any atom is 0.294 e. The standard InChI is InChI=1S/C28H24Cl2N2O5S/c1-3-36-23-13-19(12-22(30)26(23)37-16-18-6-8-20(29)9-7-18)14-24-27(34)32(28(35)38-24)15-25(33)31-21-10-4-17(2)5-11-21/h4-14H,3,15-16H2,1-2H3,(H,31,33)/b24-14+. The second-order valence-electron chi connectivity index (χ2n) is 8.36. The number of thioether (sulfide) groups is 1. The van der Waals surface area contributed by atoms with Crippen LogP contribution in [0.15, 0.2) is 65.6 Å². The Labute approximate surface area is 234 Å². The third-order valence-electron chi connectivity index (χ3n) is 5.44. The second-order valence-corrected chi connectivity index (χ2v) is 10.2. The molecule has 10 heteroatoms. The first-order chi connectivity index (χ1) is 18.2. The van der Waals surface area contributed by atoms with Gasteiger partial charge in [0.15, 0.2) is 11.5 Å². The minimum absolute atomic E-state index is 0.173. The number of amides is 3. The van der Waals surface area contributed by atoms with E-state index in [1.807, 2.05) is 38.1 Å². The molecule has 3 aromatic carbocycles. The molecule has 0 unspecified atom stereocenters. The van der Waals surface area contributed by atoms with Crippen LogP contribution >= 0.6 is 35.0 Å². The maximum atomic E-state index is 12.9. The highest BCUT2D eigenvalue weighted by atomic mass is 35.5. The Hall–Kier alpha value is -3.46. The molecule has 196 valence electrons. The highest BCUT2D eigenvalue weighted by Crippen LogP contribution is 2.39. The van der Waals surface area contributed by atoms with Gasteiger partial charge in [-0.05, 0) is 79.2 Å². The minimum atomic E-state index is -0.559. The zero-order chi connectivity index (χ0) is 27.2. The van der Waals surface area contributed by atoms with Crippen molar-refractivity contribution in [2.24, 2.45) is 0 Å². The van der Waals surface area contributed by atoms with Gasteiger partial charge in [0.1, 0.15) is 13.2 Å². The Balaban J connectivity index is 1.48. The van der Waals surface area contributed by atoms with E-state index >= 15 is 0 Å². The number of nitrogens with one attached hydrogen (secondary N) is 1. The Kier molecular flexibility index (Phi) is 8.99. The molecule has 0 radical (unpaired) electrons. The summed E-state index contributed by atoms with van der Waals surface area (Å²) in [4.78, 5) is 39.0. The van der Waals surface area contributed by atoms with Crippen LogP contribution in [0.5, 0.6) is 11.5 Å². The molecule has 1 heterocycles. The summed E-state index contributed by atoms with van der Waals surface area (Å²) in [6, 6.07) is 17.8. The van der Waals surface area contributed by atoms with Crippen LogP contribution in [0.3, 0.4) is 0 Å². The molecule has 0 atom stereocenters. The fraction of sp³-hybridized carbons (Fsp3) is 0.179. The maximum absolute atomic E-state index is 12.9. The minimum Gasteiger partial charge on any atom is -0.490 e. The molecule has 1 saturated heterocycles. The van der Waals surface area contributed by atoms with Gasteiger partial charge in [-0.15, -0.1) is 0 Å². The number of nitrogens with zero attached hydrogens (tertiary/aromatic N) is 1. The Morgan fingerprint density at radius 2 is 1.74 bits per heavy atom. The monoisotopic (exact) mass is 570 g/mol. The van der Waals surface area contributed by atoms with Gasteiger partial charge < -0.3 is 14.8 Å². The number of imide groups is 1. The van der Waals surface area contributed by atoms with Crippen molar-refractivity contribution in [3.05, 3.63) is 92.3 Å². The van der Waals surface area contributed by atoms with Crippen LogP contribution in [0, 0.1) is 6.92 Å². The van der Waals surface area contributed by atoms with Crippen LogP contribution in [0.2, 0.25) is 10.0 Å². The van der Waals surface area contributed by atoms with Crippen LogP contribution in [0.1, 0.15) is 23.6 Å². The van der Waals surface area contributed by atoms with Gasteiger partial charge in [-0.1, -0.05) is 53.0 Å². The van der Waals surface area contributed by atoms with E-state index in [1.54, 1.807) is 42.5 Å². The predicted molar refractivity (Wildman–Crippen MR) is 151 cm³/mol. The van der Waals surface area contributed by atoms with E-state index in [0.29, 0.717) is 34.4 Å². The molecule has 38 heavy (non-hydrogen) atoms. The van der Waals surface area contributed by atoms with Crippen molar-refractivity contribution in [2.45, 2.75) is 20.5 Å². The first kappa shape index (κ1) is 27.6. The van der Waals surface area contributed by atoms with E-state index in [0.717, 1.165) is 27.8 Å². The van der Waals surface area contributed by atoms with Crippen molar-refractivity contribution in [1.29, 1.82) is 0 Å². The average Bonchev–Trinajstić information content (AvgIpc) is 3.13. The molecular formula is C28H24Cl2N2O5S. The van der Waals surface area contributed by atoms with E-state index in [2.05, 4.69) is 5.32 Å². The number of anilines is 1. The molecule has 3 amide bonds. The van der Waals surface area contributed by atoms with E-state index in [1.165, 1.54) is 0 Å². The lowest BCUT2D eigenvalue weighted by atomic mass is 10.1. The number of ether oxygens (including phenoxy) is 2. The molecule has 4 rings (SSSR count). The largest absolute Gasteiger partial charge is 0.490 e. The third-order valence-corrected chi connectivity index (χ3v) is 6.88. The highest BCUT2D eigenvalue weighted by Gasteiger charge is 2.36. The second kappa shape index (κ2) is 12.4. The van der Waals surface area contributed by atoms with E-state index in [4.69, 9.17) is 32.7 Å². The fourth-order valence-corrected chi connectivity index (χ4v) is 4.82. The quantitative estimate of drug-likeness (QED) is 0.280. The molecule has 0 saturated carbocycles. The van der Waals surface area contributed by atoms with Gasteiger partial charge in [0.2, 0.25) is 5.91 Å². The average molecular weight is 571 g/mol. The van der Waals surface area contributed by atoms with Crippen molar-refractivity contribution >= 4 is 63.8 Å². The van der Waals surface area contributed by atoms with Gasteiger partial charge in [-0.2, -0.15) is 0 Å². The lowest BCUT2D eigenvalue weighted by molar-refractivity contribution is -0.127. The SMILES string of the molecule is CCOc1cc(/C=C2/SC(=O)N(CC(=O)Nc3ccc(C)cc3)C2=O)cc(Cl)c1OCc1ccc(Cl)cc1. The van der Waals surface area contributed by atoms with Crippen LogP contribution in [0.25, 0.3) is 6.08 Å². The summed E-state index contributed by atoms with van der Waals surface area (Å²) < 4.78 is 11.7. The summed E-state index contributed by atoms with van der Waals surface area (Å²) in [6.45, 7) is 3.99. The summed E-state index contributed by atoms with van der Waals surface area (Å²) >= 11 is 13.2. The normalized spacial score (nSPS) is 14.2. The summed E-state index contributed by atoms with van der Waals surface area (Å²) in [5, 5.41) is 3.08.